The highest BCUT2D eigenvalue weighted by Crippen LogP contribution is 2.39. The van der Waals surface area contributed by atoms with Gasteiger partial charge in [0.1, 0.15) is 9.88 Å². The third-order valence-electron chi connectivity index (χ3n) is 5.22. The van der Waals surface area contributed by atoms with Crippen LogP contribution in [0.5, 0.6) is 0 Å². The van der Waals surface area contributed by atoms with Gasteiger partial charge in [-0.15, -0.1) is 35.1 Å². The highest BCUT2D eigenvalue weighted by molar-refractivity contribution is 7.24. The molecule has 0 bridgehead atoms. The lowest BCUT2D eigenvalue weighted by Crippen LogP contribution is -2.44. The van der Waals surface area contributed by atoms with Gasteiger partial charge in [-0.1, -0.05) is 11.6 Å². The third-order valence-corrected chi connectivity index (χ3v) is 7.76. The van der Waals surface area contributed by atoms with Crippen LogP contribution < -0.4 is 5.32 Å². The SMILES string of the molecule is Cc1nc(-c2ccc(Cl)s2)sc1C(=O)N1CCC2(CCNC2)CC1.Cl. The molecule has 2 aromatic heterocycles. The van der Waals surface area contributed by atoms with Gasteiger partial charge >= 0.3 is 0 Å². The molecule has 4 rings (SSSR count). The zero-order chi connectivity index (χ0) is 16.7. The lowest BCUT2D eigenvalue weighted by molar-refractivity contribution is 0.0611. The number of hydrogen-bond donors (Lipinski definition) is 1. The Bertz CT molecular complexity index is 758. The van der Waals surface area contributed by atoms with E-state index in [-0.39, 0.29) is 18.3 Å². The number of nitrogens with zero attached hydrogens (tertiary/aromatic N) is 2. The predicted molar refractivity (Wildman–Crippen MR) is 107 cm³/mol. The van der Waals surface area contributed by atoms with Crippen molar-refractivity contribution in [3.63, 3.8) is 0 Å². The Morgan fingerprint density at radius 1 is 1.28 bits per heavy atom. The molecule has 8 heteroatoms. The molecule has 0 unspecified atom stereocenters. The lowest BCUT2D eigenvalue weighted by Gasteiger charge is -2.38. The number of carbonyl (C=O) groups excluding carboxylic acids is 1. The number of amides is 1. The summed E-state index contributed by atoms with van der Waals surface area (Å²) in [7, 11) is 0. The standard InChI is InChI=1S/C17H20ClN3OS2.ClH/c1-11-14(24-15(20-11)12-2-3-13(18)23-12)16(22)21-8-5-17(6-9-21)4-7-19-10-17;/h2-3,19H,4-10H2,1H3;1H. The minimum absolute atomic E-state index is 0. The van der Waals surface area contributed by atoms with Crippen molar-refractivity contribution >= 4 is 52.6 Å². The average Bonchev–Trinajstić information content (AvgIpc) is 3.28. The fourth-order valence-electron chi connectivity index (χ4n) is 3.68. The summed E-state index contributed by atoms with van der Waals surface area (Å²) in [5, 5.41) is 4.36. The molecule has 2 fully saturated rings. The molecule has 1 N–H and O–H groups in total. The van der Waals surface area contributed by atoms with Gasteiger partial charge in [-0.05, 0) is 50.3 Å². The van der Waals surface area contributed by atoms with Crippen LogP contribution in [0.25, 0.3) is 9.88 Å². The first-order valence-corrected chi connectivity index (χ1v) is 10.3. The number of halogens is 2. The van der Waals surface area contributed by atoms with Crippen LogP contribution in [0.4, 0.5) is 0 Å². The molecule has 2 aliphatic heterocycles. The van der Waals surface area contributed by atoms with Crippen LogP contribution in [0.3, 0.4) is 0 Å². The summed E-state index contributed by atoms with van der Waals surface area (Å²) in [4.78, 5) is 21.3. The van der Waals surface area contributed by atoms with Crippen LogP contribution in [-0.4, -0.2) is 42.0 Å². The Balaban J connectivity index is 0.00000182. The van der Waals surface area contributed by atoms with E-state index < -0.39 is 0 Å². The second-order valence-corrected chi connectivity index (χ2v) is 9.47. The van der Waals surface area contributed by atoms with Crippen molar-refractivity contribution < 1.29 is 4.79 Å². The Morgan fingerprint density at radius 3 is 2.64 bits per heavy atom. The minimum atomic E-state index is 0. The lowest BCUT2D eigenvalue weighted by atomic mass is 9.78. The number of rotatable bonds is 2. The van der Waals surface area contributed by atoms with Crippen LogP contribution in [0.2, 0.25) is 4.34 Å². The van der Waals surface area contributed by atoms with E-state index in [4.69, 9.17) is 11.6 Å². The summed E-state index contributed by atoms with van der Waals surface area (Å²) in [6.07, 6.45) is 3.46. The minimum Gasteiger partial charge on any atom is -0.338 e. The maximum absolute atomic E-state index is 12.9. The van der Waals surface area contributed by atoms with Gasteiger partial charge in [-0.2, -0.15) is 0 Å². The molecule has 2 aromatic rings. The summed E-state index contributed by atoms with van der Waals surface area (Å²) in [6.45, 7) is 5.87. The molecule has 4 nitrogen and oxygen atoms in total. The van der Waals surface area contributed by atoms with E-state index in [0.717, 1.165) is 63.8 Å². The van der Waals surface area contributed by atoms with Gasteiger partial charge in [0.05, 0.1) is 14.9 Å². The first kappa shape index (κ1) is 19.1. The van der Waals surface area contributed by atoms with Gasteiger partial charge in [0, 0.05) is 19.6 Å². The van der Waals surface area contributed by atoms with Crippen molar-refractivity contribution in [2.45, 2.75) is 26.2 Å². The second kappa shape index (κ2) is 7.53. The zero-order valence-corrected chi connectivity index (χ0v) is 17.2. The summed E-state index contributed by atoms with van der Waals surface area (Å²) in [6, 6.07) is 3.84. The van der Waals surface area contributed by atoms with E-state index in [2.05, 4.69) is 10.3 Å². The van der Waals surface area contributed by atoms with Crippen LogP contribution in [0.1, 0.15) is 34.6 Å². The van der Waals surface area contributed by atoms with Crippen molar-refractivity contribution in [2.75, 3.05) is 26.2 Å². The zero-order valence-electron chi connectivity index (χ0n) is 14.0. The quantitative estimate of drug-likeness (QED) is 0.783. The molecular formula is C17H21Cl2N3OS2. The molecule has 0 saturated carbocycles. The molecule has 1 amide bonds. The van der Waals surface area contributed by atoms with E-state index in [1.54, 1.807) is 0 Å². The van der Waals surface area contributed by atoms with Crippen molar-refractivity contribution in [3.05, 3.63) is 27.0 Å². The fourth-order valence-corrected chi connectivity index (χ4v) is 5.81. The van der Waals surface area contributed by atoms with E-state index >= 15 is 0 Å². The van der Waals surface area contributed by atoms with Crippen molar-refractivity contribution in [3.8, 4) is 9.88 Å². The van der Waals surface area contributed by atoms with Gasteiger partial charge in [-0.25, -0.2) is 4.98 Å². The van der Waals surface area contributed by atoms with Gasteiger partial charge < -0.3 is 10.2 Å². The van der Waals surface area contributed by atoms with E-state index in [0.29, 0.717) is 5.41 Å². The topological polar surface area (TPSA) is 45.2 Å². The maximum atomic E-state index is 12.9. The molecule has 1 spiro atoms. The van der Waals surface area contributed by atoms with Crippen molar-refractivity contribution in [1.82, 2.24) is 15.2 Å². The Kier molecular flexibility index (Phi) is 5.75. The molecule has 2 saturated heterocycles. The fraction of sp³-hybridized carbons (Fsp3) is 0.529. The Morgan fingerprint density at radius 2 is 2.04 bits per heavy atom. The average molecular weight is 418 g/mol. The largest absolute Gasteiger partial charge is 0.338 e. The first-order valence-electron chi connectivity index (χ1n) is 8.29. The number of thiophene rings is 1. The normalized spacial score (nSPS) is 19.2. The van der Waals surface area contributed by atoms with Gasteiger partial charge in [0.2, 0.25) is 0 Å². The maximum Gasteiger partial charge on any atom is 0.265 e. The number of carbonyl (C=O) groups is 1. The summed E-state index contributed by atoms with van der Waals surface area (Å²) < 4.78 is 0.747. The highest BCUT2D eigenvalue weighted by Gasteiger charge is 2.38. The number of likely N-dealkylation sites (tertiary alicyclic amines) is 1. The summed E-state index contributed by atoms with van der Waals surface area (Å²) >= 11 is 9.01. The van der Waals surface area contributed by atoms with Crippen LogP contribution in [0.15, 0.2) is 12.1 Å². The molecule has 0 atom stereocenters. The number of aryl methyl sites for hydroxylation is 1. The number of thiazole rings is 1. The van der Waals surface area contributed by atoms with Crippen LogP contribution in [0, 0.1) is 12.3 Å². The second-order valence-electron chi connectivity index (χ2n) is 6.76. The number of nitrogens with one attached hydrogen (secondary N) is 1. The third kappa shape index (κ3) is 3.74. The molecule has 0 aromatic carbocycles. The predicted octanol–water partition coefficient (Wildman–Crippen LogP) is 4.47. The van der Waals surface area contributed by atoms with Crippen molar-refractivity contribution in [1.29, 1.82) is 0 Å². The first-order chi connectivity index (χ1) is 11.6. The van der Waals surface area contributed by atoms with Crippen LogP contribution >= 0.6 is 46.7 Å². The molecule has 4 heterocycles. The Hall–Kier alpha value is -0.660. The molecule has 136 valence electrons. The number of piperidine rings is 1. The Labute approximate surface area is 167 Å². The highest BCUT2D eigenvalue weighted by atomic mass is 35.5. The van der Waals surface area contributed by atoms with Gasteiger partial charge in [-0.3, -0.25) is 4.79 Å². The van der Waals surface area contributed by atoms with E-state index in [1.165, 1.54) is 29.1 Å². The molecular weight excluding hydrogens is 397 g/mol. The molecule has 0 radical (unpaired) electrons. The molecule has 0 aliphatic carbocycles. The number of hydrogen-bond acceptors (Lipinski definition) is 5. The van der Waals surface area contributed by atoms with E-state index in [9.17, 15) is 4.79 Å². The van der Waals surface area contributed by atoms with Crippen molar-refractivity contribution in [2.24, 2.45) is 5.41 Å². The van der Waals surface area contributed by atoms with Crippen LogP contribution in [-0.2, 0) is 0 Å². The smallest absolute Gasteiger partial charge is 0.265 e. The molecule has 2 aliphatic rings. The summed E-state index contributed by atoms with van der Waals surface area (Å²) in [5.74, 6) is 0.139. The molecule has 25 heavy (non-hydrogen) atoms. The van der Waals surface area contributed by atoms with Gasteiger partial charge in [0.25, 0.3) is 5.91 Å². The monoisotopic (exact) mass is 417 g/mol. The summed E-state index contributed by atoms with van der Waals surface area (Å²) in [5.41, 5.74) is 1.26. The number of aromatic nitrogens is 1. The van der Waals surface area contributed by atoms with Gasteiger partial charge in [0.15, 0.2) is 0 Å². The van der Waals surface area contributed by atoms with E-state index in [1.807, 2.05) is 24.0 Å².